The van der Waals surface area contributed by atoms with Gasteiger partial charge < -0.3 is 26.1 Å². The van der Waals surface area contributed by atoms with Gasteiger partial charge in [-0.3, -0.25) is 14.4 Å². The predicted molar refractivity (Wildman–Crippen MR) is 135 cm³/mol. The molecule has 1 unspecified atom stereocenters. The SMILES string of the molecule is CN1c2ccc(C(=O)Nc3ccc(C=NN)cc3)cc2CN(c2ccccc2)C(=O)C1CC(=O)O. The number of carbonyl (C=O) groups is 3. The molecular formula is C26H25N5O4. The summed E-state index contributed by atoms with van der Waals surface area (Å²) in [5.74, 6) is 3.48. The molecule has 1 aliphatic rings. The number of benzene rings is 3. The lowest BCUT2D eigenvalue weighted by molar-refractivity contribution is -0.139. The van der Waals surface area contributed by atoms with Gasteiger partial charge in [-0.05, 0) is 53.6 Å². The Bertz CT molecular complexity index is 1270. The van der Waals surface area contributed by atoms with Crippen molar-refractivity contribution >= 4 is 41.1 Å². The molecular weight excluding hydrogens is 446 g/mol. The second kappa shape index (κ2) is 10.1. The largest absolute Gasteiger partial charge is 0.481 e. The maximum absolute atomic E-state index is 13.4. The van der Waals surface area contributed by atoms with Gasteiger partial charge >= 0.3 is 5.97 Å². The number of rotatable bonds is 6. The zero-order chi connectivity index (χ0) is 24.9. The number of nitrogens with zero attached hydrogens (tertiary/aromatic N) is 3. The van der Waals surface area contributed by atoms with Gasteiger partial charge in [0.1, 0.15) is 6.04 Å². The third-order valence-electron chi connectivity index (χ3n) is 5.90. The van der Waals surface area contributed by atoms with Crippen molar-refractivity contribution in [2.45, 2.75) is 19.0 Å². The van der Waals surface area contributed by atoms with Gasteiger partial charge in [-0.2, -0.15) is 5.10 Å². The van der Waals surface area contributed by atoms with Gasteiger partial charge in [0.25, 0.3) is 11.8 Å². The average molecular weight is 472 g/mol. The summed E-state index contributed by atoms with van der Waals surface area (Å²) >= 11 is 0. The minimum Gasteiger partial charge on any atom is -0.481 e. The number of carbonyl (C=O) groups excluding carboxylic acids is 2. The number of para-hydroxylation sites is 1. The molecule has 9 heteroatoms. The van der Waals surface area contributed by atoms with E-state index < -0.39 is 12.0 Å². The fraction of sp³-hybridized carbons (Fsp3) is 0.154. The number of aliphatic carboxylic acids is 1. The van der Waals surface area contributed by atoms with Crippen molar-refractivity contribution in [2.24, 2.45) is 10.9 Å². The lowest BCUT2D eigenvalue weighted by atomic mass is 10.1. The molecule has 2 amide bonds. The van der Waals surface area contributed by atoms with Crippen LogP contribution in [-0.2, 0) is 16.1 Å². The average Bonchev–Trinajstić information content (AvgIpc) is 2.95. The Labute approximate surface area is 202 Å². The molecule has 1 atom stereocenters. The van der Waals surface area contributed by atoms with Crippen molar-refractivity contribution in [1.29, 1.82) is 0 Å². The van der Waals surface area contributed by atoms with Gasteiger partial charge in [-0.25, -0.2) is 0 Å². The summed E-state index contributed by atoms with van der Waals surface area (Å²) in [6.45, 7) is 0.201. The Balaban J connectivity index is 1.67. The first-order valence-corrected chi connectivity index (χ1v) is 11.0. The van der Waals surface area contributed by atoms with Crippen LogP contribution >= 0.6 is 0 Å². The normalized spacial score (nSPS) is 15.6. The molecule has 3 aromatic rings. The Morgan fingerprint density at radius 3 is 2.49 bits per heavy atom. The van der Waals surface area contributed by atoms with Gasteiger partial charge in [0.15, 0.2) is 0 Å². The van der Waals surface area contributed by atoms with Crippen molar-refractivity contribution in [3.63, 3.8) is 0 Å². The van der Waals surface area contributed by atoms with Gasteiger partial charge in [-0.15, -0.1) is 0 Å². The van der Waals surface area contributed by atoms with E-state index in [2.05, 4.69) is 10.4 Å². The first-order chi connectivity index (χ1) is 16.9. The van der Waals surface area contributed by atoms with Gasteiger partial charge in [0, 0.05) is 29.7 Å². The van der Waals surface area contributed by atoms with E-state index in [1.807, 2.05) is 18.2 Å². The molecule has 1 heterocycles. The number of hydrogen-bond acceptors (Lipinski definition) is 6. The van der Waals surface area contributed by atoms with Crippen LogP contribution in [-0.4, -0.2) is 42.2 Å². The highest BCUT2D eigenvalue weighted by molar-refractivity contribution is 6.06. The molecule has 0 spiro atoms. The van der Waals surface area contributed by atoms with Crippen LogP contribution in [0.1, 0.15) is 27.9 Å². The molecule has 0 bridgehead atoms. The zero-order valence-corrected chi connectivity index (χ0v) is 19.1. The van der Waals surface area contributed by atoms with Crippen LogP contribution < -0.4 is 21.0 Å². The fourth-order valence-corrected chi connectivity index (χ4v) is 4.12. The number of amides is 2. The molecule has 0 saturated heterocycles. The Morgan fingerprint density at radius 1 is 1.11 bits per heavy atom. The molecule has 0 aliphatic carbocycles. The number of carboxylic acids is 1. The van der Waals surface area contributed by atoms with Crippen LogP contribution in [0.3, 0.4) is 0 Å². The van der Waals surface area contributed by atoms with E-state index in [1.165, 1.54) is 6.21 Å². The second-order valence-electron chi connectivity index (χ2n) is 8.18. The summed E-state index contributed by atoms with van der Waals surface area (Å²) in [5.41, 5.74) is 3.93. The van der Waals surface area contributed by atoms with Crippen molar-refractivity contribution in [2.75, 3.05) is 22.2 Å². The number of hydrogen-bond donors (Lipinski definition) is 3. The quantitative estimate of drug-likeness (QED) is 0.288. The smallest absolute Gasteiger partial charge is 0.305 e. The van der Waals surface area contributed by atoms with Gasteiger partial charge in [-0.1, -0.05) is 30.3 Å². The first kappa shape index (κ1) is 23.5. The minimum absolute atomic E-state index is 0.201. The maximum Gasteiger partial charge on any atom is 0.305 e. The Kier molecular flexibility index (Phi) is 6.77. The van der Waals surface area contributed by atoms with Crippen LogP contribution in [0.4, 0.5) is 17.1 Å². The van der Waals surface area contributed by atoms with Gasteiger partial charge in [0.05, 0.1) is 19.2 Å². The molecule has 3 aromatic carbocycles. The number of carboxylic acid groups (broad SMARTS) is 1. The molecule has 4 rings (SSSR count). The van der Waals surface area contributed by atoms with E-state index in [-0.39, 0.29) is 24.8 Å². The standard InChI is InChI=1S/C26H25N5O4/c1-30-22-12-9-18(25(34)29-20-10-7-17(8-11-20)15-28-27)13-19(22)16-31(21-5-3-2-4-6-21)26(35)23(30)14-24(32)33/h2-13,15,23H,14,16,27H2,1H3,(H,29,34)(H,32,33). The number of likely N-dealkylation sites (N-methyl/N-ethyl adjacent to an activating group) is 1. The lowest BCUT2D eigenvalue weighted by Gasteiger charge is -2.29. The van der Waals surface area contributed by atoms with E-state index in [0.29, 0.717) is 22.6 Å². The number of fused-ring (bicyclic) bond motifs is 1. The maximum atomic E-state index is 13.4. The van der Waals surface area contributed by atoms with Crippen LogP contribution in [0.25, 0.3) is 0 Å². The summed E-state index contributed by atoms with van der Waals surface area (Å²) in [7, 11) is 1.70. The fourth-order valence-electron chi connectivity index (χ4n) is 4.12. The lowest BCUT2D eigenvalue weighted by Crippen LogP contribution is -2.46. The third kappa shape index (κ3) is 5.14. The van der Waals surface area contributed by atoms with Crippen LogP contribution in [0, 0.1) is 0 Å². The summed E-state index contributed by atoms with van der Waals surface area (Å²) in [4.78, 5) is 41.2. The van der Waals surface area contributed by atoms with Crippen LogP contribution in [0.2, 0.25) is 0 Å². The highest BCUT2D eigenvalue weighted by Crippen LogP contribution is 2.32. The molecule has 0 saturated carbocycles. The highest BCUT2D eigenvalue weighted by Gasteiger charge is 2.35. The number of nitrogens with one attached hydrogen (secondary N) is 1. The molecule has 178 valence electrons. The van der Waals surface area contributed by atoms with E-state index >= 15 is 0 Å². The first-order valence-electron chi connectivity index (χ1n) is 11.0. The summed E-state index contributed by atoms with van der Waals surface area (Å²) in [6, 6.07) is 20.4. The monoisotopic (exact) mass is 471 g/mol. The number of anilines is 3. The predicted octanol–water partition coefficient (Wildman–Crippen LogP) is 3.06. The van der Waals surface area contributed by atoms with Crippen molar-refractivity contribution < 1.29 is 19.5 Å². The Morgan fingerprint density at radius 2 is 1.83 bits per heavy atom. The molecule has 4 N–H and O–H groups in total. The summed E-state index contributed by atoms with van der Waals surface area (Å²) in [5, 5.41) is 15.8. The molecule has 0 aromatic heterocycles. The molecule has 9 nitrogen and oxygen atoms in total. The molecule has 0 fully saturated rings. The van der Waals surface area contributed by atoms with Crippen molar-refractivity contribution in [3.8, 4) is 0 Å². The molecule has 35 heavy (non-hydrogen) atoms. The van der Waals surface area contributed by atoms with E-state index in [1.54, 1.807) is 71.4 Å². The van der Waals surface area contributed by atoms with E-state index in [4.69, 9.17) is 5.84 Å². The summed E-state index contributed by atoms with van der Waals surface area (Å²) < 4.78 is 0. The highest BCUT2D eigenvalue weighted by atomic mass is 16.4. The minimum atomic E-state index is -1.06. The van der Waals surface area contributed by atoms with Crippen LogP contribution in [0.15, 0.2) is 77.9 Å². The number of hydrazone groups is 1. The topological polar surface area (TPSA) is 128 Å². The van der Waals surface area contributed by atoms with Gasteiger partial charge in [0.2, 0.25) is 0 Å². The molecule has 1 aliphatic heterocycles. The Hall–Kier alpha value is -4.66. The summed E-state index contributed by atoms with van der Waals surface area (Å²) in [6.07, 6.45) is 1.16. The van der Waals surface area contributed by atoms with Crippen molar-refractivity contribution in [1.82, 2.24) is 0 Å². The zero-order valence-electron chi connectivity index (χ0n) is 19.1. The second-order valence-corrected chi connectivity index (χ2v) is 8.18. The number of nitrogens with two attached hydrogens (primary N) is 1. The third-order valence-corrected chi connectivity index (χ3v) is 5.90. The van der Waals surface area contributed by atoms with Crippen molar-refractivity contribution in [3.05, 3.63) is 89.5 Å². The molecule has 0 radical (unpaired) electrons. The van der Waals surface area contributed by atoms with Crippen LogP contribution in [0.5, 0.6) is 0 Å². The van der Waals surface area contributed by atoms with E-state index in [0.717, 1.165) is 11.1 Å². The van der Waals surface area contributed by atoms with E-state index in [9.17, 15) is 19.5 Å².